The molecule has 3 rings (SSSR count). The fourth-order valence-corrected chi connectivity index (χ4v) is 3.51. The minimum atomic E-state index is -0.0278. The number of fused-ring (bicyclic) bond motifs is 2. The molecule has 1 N–H and O–H groups in total. The van der Waals surface area contributed by atoms with Crippen molar-refractivity contribution >= 4 is 17.5 Å². The van der Waals surface area contributed by atoms with Crippen LogP contribution in [-0.2, 0) is 4.79 Å². The van der Waals surface area contributed by atoms with Gasteiger partial charge in [-0.1, -0.05) is 13.8 Å². The van der Waals surface area contributed by atoms with Crippen molar-refractivity contribution in [2.24, 2.45) is 5.92 Å². The van der Waals surface area contributed by atoms with Gasteiger partial charge in [0, 0.05) is 31.1 Å². The van der Waals surface area contributed by atoms with Crippen molar-refractivity contribution in [3.05, 3.63) is 23.8 Å². The van der Waals surface area contributed by atoms with Crippen molar-refractivity contribution in [3.63, 3.8) is 0 Å². The molecule has 130 valence electrons. The predicted octanol–water partition coefficient (Wildman–Crippen LogP) is 3.45. The van der Waals surface area contributed by atoms with E-state index in [1.165, 1.54) is 6.42 Å². The van der Waals surface area contributed by atoms with E-state index in [2.05, 4.69) is 5.32 Å². The van der Waals surface area contributed by atoms with Crippen molar-refractivity contribution in [2.75, 3.05) is 18.5 Å². The second kappa shape index (κ2) is 7.24. The Kier molecular flexibility index (Phi) is 5.07. The number of nitrogens with one attached hydrogen (secondary N) is 1. The number of hydrogen-bond acceptors (Lipinski definition) is 3. The summed E-state index contributed by atoms with van der Waals surface area (Å²) in [6.45, 7) is 5.45. The van der Waals surface area contributed by atoms with Gasteiger partial charge in [0.25, 0.3) is 5.91 Å². The van der Waals surface area contributed by atoms with Crippen LogP contribution < -0.4 is 10.1 Å². The Bertz CT molecular complexity index is 627. The van der Waals surface area contributed by atoms with E-state index in [1.807, 2.05) is 18.7 Å². The molecule has 1 unspecified atom stereocenters. The number of nitrogens with zero attached hydrogens (tertiary/aromatic N) is 1. The van der Waals surface area contributed by atoms with Gasteiger partial charge >= 0.3 is 0 Å². The zero-order chi connectivity index (χ0) is 17.1. The summed E-state index contributed by atoms with van der Waals surface area (Å²) in [4.78, 5) is 26.9. The SMILES string of the molecule is CC(C)CC(=O)Nc1ccc2c(c1)C(=O)N1CCCCC1CCO2. The van der Waals surface area contributed by atoms with Crippen LogP contribution in [0.3, 0.4) is 0 Å². The minimum Gasteiger partial charge on any atom is -0.493 e. The molecular weight excluding hydrogens is 304 g/mol. The average Bonchev–Trinajstić information content (AvgIpc) is 2.53. The highest BCUT2D eigenvalue weighted by Gasteiger charge is 2.31. The Balaban J connectivity index is 1.83. The first-order chi connectivity index (χ1) is 11.5. The summed E-state index contributed by atoms with van der Waals surface area (Å²) in [5, 5.41) is 2.89. The lowest BCUT2D eigenvalue weighted by atomic mass is 9.97. The van der Waals surface area contributed by atoms with Crippen molar-refractivity contribution in [1.29, 1.82) is 0 Å². The highest BCUT2D eigenvalue weighted by Crippen LogP contribution is 2.30. The van der Waals surface area contributed by atoms with E-state index < -0.39 is 0 Å². The van der Waals surface area contributed by atoms with Crippen LogP contribution in [-0.4, -0.2) is 35.9 Å². The Hall–Kier alpha value is -2.04. The molecule has 1 fully saturated rings. The molecule has 0 spiro atoms. The fraction of sp³-hybridized carbons (Fsp3) is 0.579. The molecule has 0 aromatic heterocycles. The van der Waals surface area contributed by atoms with Gasteiger partial charge in [-0.15, -0.1) is 0 Å². The Morgan fingerprint density at radius 3 is 2.96 bits per heavy atom. The summed E-state index contributed by atoms with van der Waals surface area (Å²) in [5.74, 6) is 0.911. The van der Waals surface area contributed by atoms with E-state index in [-0.39, 0.29) is 17.9 Å². The van der Waals surface area contributed by atoms with Gasteiger partial charge in [-0.3, -0.25) is 9.59 Å². The first-order valence-corrected chi connectivity index (χ1v) is 8.92. The van der Waals surface area contributed by atoms with Gasteiger partial charge in [-0.05, 0) is 43.4 Å². The summed E-state index contributed by atoms with van der Waals surface area (Å²) in [6.07, 6.45) is 4.64. The van der Waals surface area contributed by atoms with Crippen LogP contribution in [0.2, 0.25) is 0 Å². The van der Waals surface area contributed by atoms with E-state index in [1.54, 1.807) is 18.2 Å². The molecule has 5 heteroatoms. The molecule has 0 saturated carbocycles. The quantitative estimate of drug-likeness (QED) is 0.923. The van der Waals surface area contributed by atoms with Gasteiger partial charge in [0.15, 0.2) is 0 Å². The lowest BCUT2D eigenvalue weighted by Gasteiger charge is -2.37. The number of amides is 2. The maximum absolute atomic E-state index is 13.0. The van der Waals surface area contributed by atoms with Crippen molar-refractivity contribution < 1.29 is 14.3 Å². The normalized spacial score (nSPS) is 20.5. The average molecular weight is 330 g/mol. The molecule has 2 heterocycles. The maximum Gasteiger partial charge on any atom is 0.257 e. The largest absolute Gasteiger partial charge is 0.493 e. The summed E-state index contributed by atoms with van der Waals surface area (Å²) in [5.41, 5.74) is 1.22. The number of piperidine rings is 1. The van der Waals surface area contributed by atoms with Crippen LogP contribution in [0.5, 0.6) is 5.75 Å². The van der Waals surface area contributed by atoms with Crippen LogP contribution in [0.4, 0.5) is 5.69 Å². The second-order valence-electron chi connectivity index (χ2n) is 7.14. The molecule has 24 heavy (non-hydrogen) atoms. The molecule has 1 atom stereocenters. The van der Waals surface area contributed by atoms with Gasteiger partial charge in [0.1, 0.15) is 5.75 Å². The number of carbonyl (C=O) groups excluding carboxylic acids is 2. The zero-order valence-electron chi connectivity index (χ0n) is 14.5. The third-order valence-electron chi connectivity index (χ3n) is 4.68. The molecule has 2 aliphatic heterocycles. The lowest BCUT2D eigenvalue weighted by molar-refractivity contribution is -0.116. The number of anilines is 1. The number of hydrogen-bond donors (Lipinski definition) is 1. The molecule has 0 aliphatic carbocycles. The topological polar surface area (TPSA) is 58.6 Å². The molecule has 1 aromatic rings. The van der Waals surface area contributed by atoms with Gasteiger partial charge in [-0.2, -0.15) is 0 Å². The smallest absolute Gasteiger partial charge is 0.257 e. The number of rotatable bonds is 3. The van der Waals surface area contributed by atoms with Gasteiger partial charge in [-0.25, -0.2) is 0 Å². The summed E-state index contributed by atoms with van der Waals surface area (Å²) in [7, 11) is 0. The number of carbonyl (C=O) groups is 2. The number of ether oxygens (including phenoxy) is 1. The molecule has 2 amide bonds. The zero-order valence-corrected chi connectivity index (χ0v) is 14.5. The van der Waals surface area contributed by atoms with Crippen molar-refractivity contribution in [2.45, 2.75) is 52.0 Å². The Morgan fingerprint density at radius 1 is 1.33 bits per heavy atom. The maximum atomic E-state index is 13.0. The van der Waals surface area contributed by atoms with E-state index in [9.17, 15) is 9.59 Å². The van der Waals surface area contributed by atoms with Crippen LogP contribution in [0.1, 0.15) is 56.3 Å². The van der Waals surface area contributed by atoms with Gasteiger partial charge < -0.3 is 15.0 Å². The van der Waals surface area contributed by atoms with Crippen LogP contribution in [0.15, 0.2) is 18.2 Å². The van der Waals surface area contributed by atoms with Crippen LogP contribution in [0.25, 0.3) is 0 Å². The first kappa shape index (κ1) is 16.8. The Labute approximate surface area is 143 Å². The summed E-state index contributed by atoms with van der Waals surface area (Å²) >= 11 is 0. The van der Waals surface area contributed by atoms with E-state index in [0.29, 0.717) is 35.9 Å². The molecule has 0 bridgehead atoms. The van der Waals surface area contributed by atoms with E-state index in [4.69, 9.17) is 4.74 Å². The molecule has 0 radical (unpaired) electrons. The first-order valence-electron chi connectivity index (χ1n) is 8.92. The monoisotopic (exact) mass is 330 g/mol. The molecule has 1 saturated heterocycles. The third kappa shape index (κ3) is 3.71. The predicted molar refractivity (Wildman–Crippen MR) is 93.3 cm³/mol. The minimum absolute atomic E-state index is 0.0226. The van der Waals surface area contributed by atoms with Gasteiger partial charge in [0.05, 0.1) is 12.2 Å². The summed E-state index contributed by atoms with van der Waals surface area (Å²) < 4.78 is 5.81. The second-order valence-corrected chi connectivity index (χ2v) is 7.14. The van der Waals surface area contributed by atoms with Gasteiger partial charge in [0.2, 0.25) is 5.91 Å². The molecule has 2 aliphatic rings. The third-order valence-corrected chi connectivity index (χ3v) is 4.68. The highest BCUT2D eigenvalue weighted by molar-refractivity contribution is 5.99. The molecule has 1 aromatic carbocycles. The van der Waals surface area contributed by atoms with Crippen molar-refractivity contribution in [3.8, 4) is 5.75 Å². The molecular formula is C19H26N2O3. The number of benzene rings is 1. The van der Waals surface area contributed by atoms with Crippen LogP contribution in [0, 0.1) is 5.92 Å². The molecule has 5 nitrogen and oxygen atoms in total. The van der Waals surface area contributed by atoms with E-state index >= 15 is 0 Å². The summed E-state index contributed by atoms with van der Waals surface area (Å²) in [6, 6.07) is 5.63. The highest BCUT2D eigenvalue weighted by atomic mass is 16.5. The van der Waals surface area contributed by atoms with Crippen molar-refractivity contribution in [1.82, 2.24) is 4.90 Å². The fourth-order valence-electron chi connectivity index (χ4n) is 3.51. The Morgan fingerprint density at radius 2 is 2.17 bits per heavy atom. The standard InChI is InChI=1S/C19H26N2O3/c1-13(2)11-18(22)20-14-6-7-17-16(12-14)19(23)21-9-4-3-5-15(21)8-10-24-17/h6-7,12-13,15H,3-5,8-11H2,1-2H3,(H,20,22). The van der Waals surface area contributed by atoms with Crippen LogP contribution >= 0.6 is 0 Å². The van der Waals surface area contributed by atoms with E-state index in [0.717, 1.165) is 25.8 Å². The lowest BCUT2D eigenvalue weighted by Crippen LogP contribution is -2.45.